The average molecular weight is 180 g/mol. The van der Waals surface area contributed by atoms with Gasteiger partial charge in [-0.05, 0) is 32.1 Å². The van der Waals surface area contributed by atoms with E-state index in [9.17, 15) is 4.79 Å². The Hall–Kier alpha value is -0.590. The van der Waals surface area contributed by atoms with Gasteiger partial charge in [-0.3, -0.25) is 0 Å². The fourth-order valence-electron chi connectivity index (χ4n) is 2.15. The van der Waals surface area contributed by atoms with Crippen molar-refractivity contribution >= 4 is 6.29 Å². The van der Waals surface area contributed by atoms with E-state index in [1.54, 1.807) is 0 Å². The van der Waals surface area contributed by atoms with E-state index in [0.717, 1.165) is 18.6 Å². The first-order chi connectivity index (χ1) is 6.22. The number of rotatable bonds is 4. The summed E-state index contributed by atoms with van der Waals surface area (Å²) in [6.07, 6.45) is 9.86. The van der Waals surface area contributed by atoms with Crippen molar-refractivity contribution in [1.82, 2.24) is 0 Å². The number of carbonyl (C=O) groups excluding carboxylic acids is 1. The van der Waals surface area contributed by atoms with Crippen LogP contribution in [0.3, 0.4) is 0 Å². The second-order valence-corrected chi connectivity index (χ2v) is 4.38. The minimum absolute atomic E-state index is 0.192. The van der Waals surface area contributed by atoms with Crippen LogP contribution < -0.4 is 0 Å². The summed E-state index contributed by atoms with van der Waals surface area (Å²) in [7, 11) is 0. The summed E-state index contributed by atoms with van der Waals surface area (Å²) in [5, 5.41) is 0. The normalized spacial score (nSPS) is 21.8. The molecule has 1 unspecified atom stereocenters. The molecule has 1 heteroatoms. The van der Waals surface area contributed by atoms with Crippen LogP contribution in [0.25, 0.3) is 0 Å². The number of aldehydes is 1. The molecule has 0 heterocycles. The number of carbonyl (C=O) groups is 1. The van der Waals surface area contributed by atoms with E-state index >= 15 is 0 Å². The van der Waals surface area contributed by atoms with Crippen molar-refractivity contribution in [2.75, 3.05) is 0 Å². The largest absolute Gasteiger partial charge is 0.303 e. The molecule has 0 aromatic carbocycles. The number of hydrogen-bond acceptors (Lipinski definition) is 1. The van der Waals surface area contributed by atoms with Crippen LogP contribution in [0.1, 0.15) is 46.0 Å². The van der Waals surface area contributed by atoms with E-state index in [4.69, 9.17) is 0 Å². The Morgan fingerprint density at radius 1 is 1.46 bits per heavy atom. The highest BCUT2D eigenvalue weighted by molar-refractivity contribution is 5.53. The molecule has 13 heavy (non-hydrogen) atoms. The van der Waals surface area contributed by atoms with E-state index in [1.165, 1.54) is 31.3 Å². The zero-order chi connectivity index (χ0) is 9.68. The SMILES string of the molecule is C/C(=C\C1CCCC1)CC(C)C=O. The van der Waals surface area contributed by atoms with Gasteiger partial charge in [0.25, 0.3) is 0 Å². The lowest BCUT2D eigenvalue weighted by Gasteiger charge is -2.07. The first kappa shape index (κ1) is 10.5. The third-order valence-electron chi connectivity index (χ3n) is 2.80. The third-order valence-corrected chi connectivity index (χ3v) is 2.80. The summed E-state index contributed by atoms with van der Waals surface area (Å²) in [5.74, 6) is 0.997. The van der Waals surface area contributed by atoms with Crippen molar-refractivity contribution in [3.63, 3.8) is 0 Å². The fourth-order valence-corrected chi connectivity index (χ4v) is 2.15. The molecule has 0 aromatic heterocycles. The van der Waals surface area contributed by atoms with E-state index in [2.05, 4.69) is 13.0 Å². The zero-order valence-corrected chi connectivity index (χ0v) is 8.75. The van der Waals surface area contributed by atoms with E-state index in [0.29, 0.717) is 0 Å². The Kier molecular flexibility index (Phi) is 4.20. The summed E-state index contributed by atoms with van der Waals surface area (Å²) < 4.78 is 0. The van der Waals surface area contributed by atoms with E-state index < -0.39 is 0 Å². The number of allylic oxidation sites excluding steroid dienone is 2. The monoisotopic (exact) mass is 180 g/mol. The van der Waals surface area contributed by atoms with Gasteiger partial charge in [0.2, 0.25) is 0 Å². The van der Waals surface area contributed by atoms with Gasteiger partial charge in [-0.15, -0.1) is 0 Å². The van der Waals surface area contributed by atoms with E-state index in [-0.39, 0.29) is 5.92 Å². The molecule has 0 saturated heterocycles. The van der Waals surface area contributed by atoms with Gasteiger partial charge in [-0.1, -0.05) is 31.4 Å². The molecule has 1 aliphatic carbocycles. The van der Waals surface area contributed by atoms with Gasteiger partial charge in [-0.2, -0.15) is 0 Å². The van der Waals surface area contributed by atoms with Crippen LogP contribution in [-0.2, 0) is 4.79 Å². The molecule has 0 N–H and O–H groups in total. The Bertz CT molecular complexity index is 187. The van der Waals surface area contributed by atoms with Crippen molar-refractivity contribution in [3.8, 4) is 0 Å². The topological polar surface area (TPSA) is 17.1 Å². The lowest BCUT2D eigenvalue weighted by molar-refractivity contribution is -0.110. The van der Waals surface area contributed by atoms with Gasteiger partial charge < -0.3 is 4.79 Å². The summed E-state index contributed by atoms with van der Waals surface area (Å²) >= 11 is 0. The van der Waals surface area contributed by atoms with Crippen LogP contribution in [0.4, 0.5) is 0 Å². The highest BCUT2D eigenvalue weighted by atomic mass is 16.1. The summed E-state index contributed by atoms with van der Waals surface area (Å²) in [6.45, 7) is 4.14. The first-order valence-electron chi connectivity index (χ1n) is 5.35. The summed E-state index contributed by atoms with van der Waals surface area (Å²) in [4.78, 5) is 10.5. The Morgan fingerprint density at radius 3 is 2.62 bits per heavy atom. The Labute approximate surface area is 81.2 Å². The maximum Gasteiger partial charge on any atom is 0.123 e. The van der Waals surface area contributed by atoms with Crippen LogP contribution in [0, 0.1) is 11.8 Å². The van der Waals surface area contributed by atoms with Gasteiger partial charge >= 0.3 is 0 Å². The molecule has 0 radical (unpaired) electrons. The summed E-state index contributed by atoms with van der Waals surface area (Å²) in [6, 6.07) is 0. The average Bonchev–Trinajstić information content (AvgIpc) is 2.56. The van der Waals surface area contributed by atoms with Crippen molar-refractivity contribution in [2.24, 2.45) is 11.8 Å². The molecule has 1 fully saturated rings. The smallest absolute Gasteiger partial charge is 0.123 e. The molecule has 1 saturated carbocycles. The highest BCUT2D eigenvalue weighted by Gasteiger charge is 2.12. The van der Waals surface area contributed by atoms with Crippen molar-refractivity contribution in [1.29, 1.82) is 0 Å². The van der Waals surface area contributed by atoms with Crippen molar-refractivity contribution in [2.45, 2.75) is 46.0 Å². The molecule has 1 atom stereocenters. The van der Waals surface area contributed by atoms with Gasteiger partial charge in [0.15, 0.2) is 0 Å². The Balaban J connectivity index is 2.35. The van der Waals surface area contributed by atoms with Gasteiger partial charge in [0, 0.05) is 5.92 Å². The lowest BCUT2D eigenvalue weighted by atomic mass is 9.98. The molecule has 1 rings (SSSR count). The highest BCUT2D eigenvalue weighted by Crippen LogP contribution is 2.27. The number of hydrogen-bond donors (Lipinski definition) is 0. The second-order valence-electron chi connectivity index (χ2n) is 4.38. The minimum Gasteiger partial charge on any atom is -0.303 e. The van der Waals surface area contributed by atoms with Crippen LogP contribution in [0.5, 0.6) is 0 Å². The molecule has 1 nitrogen and oxygen atoms in total. The van der Waals surface area contributed by atoms with Crippen LogP contribution in [0.2, 0.25) is 0 Å². The van der Waals surface area contributed by atoms with E-state index in [1.807, 2.05) is 6.92 Å². The fraction of sp³-hybridized carbons (Fsp3) is 0.750. The predicted molar refractivity (Wildman–Crippen MR) is 55.6 cm³/mol. The van der Waals surface area contributed by atoms with Gasteiger partial charge in [-0.25, -0.2) is 0 Å². The zero-order valence-electron chi connectivity index (χ0n) is 8.75. The standard InChI is InChI=1S/C12H20O/c1-10(7-11(2)9-13)8-12-5-3-4-6-12/h8-9,11-12H,3-7H2,1-2H3/b10-8+. The lowest BCUT2D eigenvalue weighted by Crippen LogP contribution is -1.97. The summed E-state index contributed by atoms with van der Waals surface area (Å²) in [5.41, 5.74) is 1.39. The predicted octanol–water partition coefficient (Wildman–Crippen LogP) is 3.35. The molecule has 0 bridgehead atoms. The van der Waals surface area contributed by atoms with Gasteiger partial charge in [0.05, 0.1) is 0 Å². The molecular weight excluding hydrogens is 160 g/mol. The molecular formula is C12H20O. The van der Waals surface area contributed by atoms with Gasteiger partial charge in [0.1, 0.15) is 6.29 Å². The maximum absolute atomic E-state index is 10.5. The minimum atomic E-state index is 0.192. The molecule has 0 amide bonds. The molecule has 74 valence electrons. The Morgan fingerprint density at radius 2 is 2.08 bits per heavy atom. The molecule has 0 aromatic rings. The third kappa shape index (κ3) is 3.75. The first-order valence-corrected chi connectivity index (χ1v) is 5.35. The van der Waals surface area contributed by atoms with Crippen molar-refractivity contribution in [3.05, 3.63) is 11.6 Å². The van der Waals surface area contributed by atoms with Crippen LogP contribution in [-0.4, -0.2) is 6.29 Å². The van der Waals surface area contributed by atoms with Crippen LogP contribution >= 0.6 is 0 Å². The van der Waals surface area contributed by atoms with Crippen molar-refractivity contribution < 1.29 is 4.79 Å². The maximum atomic E-state index is 10.5. The molecule has 0 spiro atoms. The quantitative estimate of drug-likeness (QED) is 0.479. The molecule has 1 aliphatic rings. The molecule has 0 aliphatic heterocycles. The second kappa shape index (κ2) is 5.21. The van der Waals surface area contributed by atoms with Crippen LogP contribution in [0.15, 0.2) is 11.6 Å².